The Morgan fingerprint density at radius 1 is 1.45 bits per heavy atom. The van der Waals surface area contributed by atoms with Crippen LogP contribution in [0.3, 0.4) is 0 Å². The Bertz CT molecular complexity index is 656. The zero-order valence-electron chi connectivity index (χ0n) is 11.5. The highest BCUT2D eigenvalue weighted by Gasteiger charge is 2.29. The Hall–Kier alpha value is -1.61. The van der Waals surface area contributed by atoms with Crippen molar-refractivity contribution in [2.24, 2.45) is 0 Å². The summed E-state index contributed by atoms with van der Waals surface area (Å²) in [6, 6.07) is 9.84. The Kier molecular flexibility index (Phi) is 3.62. The fraction of sp³-hybridized carbons (Fsp3) is 0.375. The Morgan fingerprint density at radius 2 is 2.25 bits per heavy atom. The van der Waals surface area contributed by atoms with E-state index in [2.05, 4.69) is 4.98 Å². The molecule has 1 amide bonds. The molecule has 104 valence electrons. The number of likely N-dealkylation sites (tertiary alicyclic amines) is 1. The van der Waals surface area contributed by atoms with Crippen molar-refractivity contribution < 1.29 is 4.79 Å². The first-order chi connectivity index (χ1) is 9.70. The highest BCUT2D eigenvalue weighted by molar-refractivity contribution is 6.18. The normalized spacial score (nSPS) is 18.7. The molecule has 3 rings (SSSR count). The largest absolute Gasteiger partial charge is 0.334 e. The molecule has 2 heterocycles. The molecule has 1 unspecified atom stereocenters. The van der Waals surface area contributed by atoms with E-state index in [4.69, 9.17) is 11.6 Å². The van der Waals surface area contributed by atoms with Crippen LogP contribution in [-0.2, 0) is 0 Å². The Labute approximate surface area is 123 Å². The van der Waals surface area contributed by atoms with Gasteiger partial charge in [-0.25, -0.2) is 0 Å². The van der Waals surface area contributed by atoms with Crippen molar-refractivity contribution in [3.63, 3.8) is 0 Å². The third-order valence-electron chi connectivity index (χ3n) is 3.89. The first-order valence-corrected chi connectivity index (χ1v) is 7.47. The summed E-state index contributed by atoms with van der Waals surface area (Å²) in [5.41, 5.74) is 2.48. The second-order valence-electron chi connectivity index (χ2n) is 5.28. The molecule has 20 heavy (non-hydrogen) atoms. The van der Waals surface area contributed by atoms with Gasteiger partial charge < -0.3 is 4.90 Å². The second kappa shape index (κ2) is 5.41. The summed E-state index contributed by atoms with van der Waals surface area (Å²) in [6.45, 7) is 2.72. The average molecular weight is 289 g/mol. The molecule has 1 atom stereocenters. The zero-order valence-corrected chi connectivity index (χ0v) is 12.2. The lowest BCUT2D eigenvalue weighted by atomic mass is 10.1. The molecule has 0 radical (unpaired) electrons. The summed E-state index contributed by atoms with van der Waals surface area (Å²) < 4.78 is 0. The third kappa shape index (κ3) is 2.27. The van der Waals surface area contributed by atoms with Gasteiger partial charge in [0.1, 0.15) is 0 Å². The molecule has 0 aliphatic carbocycles. The summed E-state index contributed by atoms with van der Waals surface area (Å²) in [7, 11) is 0. The maximum Gasteiger partial charge on any atom is 0.254 e. The van der Waals surface area contributed by atoms with Crippen LogP contribution in [0.1, 0.15) is 28.9 Å². The number of carbonyl (C=O) groups excluding carboxylic acids is 1. The van der Waals surface area contributed by atoms with E-state index in [0.717, 1.165) is 41.5 Å². The van der Waals surface area contributed by atoms with E-state index < -0.39 is 0 Å². The van der Waals surface area contributed by atoms with Crippen molar-refractivity contribution in [3.05, 3.63) is 41.6 Å². The van der Waals surface area contributed by atoms with Gasteiger partial charge in [0.15, 0.2) is 0 Å². The summed E-state index contributed by atoms with van der Waals surface area (Å²) in [6.07, 6.45) is 2.03. The fourth-order valence-corrected chi connectivity index (χ4v) is 3.22. The van der Waals surface area contributed by atoms with Gasteiger partial charge in [-0.3, -0.25) is 9.78 Å². The lowest BCUT2D eigenvalue weighted by molar-refractivity contribution is 0.0751. The zero-order chi connectivity index (χ0) is 14.1. The highest BCUT2D eigenvalue weighted by Crippen LogP contribution is 2.25. The van der Waals surface area contributed by atoms with E-state index in [0.29, 0.717) is 5.88 Å². The third-order valence-corrected chi connectivity index (χ3v) is 4.25. The van der Waals surface area contributed by atoms with Gasteiger partial charge in [0.05, 0.1) is 11.1 Å². The van der Waals surface area contributed by atoms with E-state index in [1.807, 2.05) is 42.2 Å². The number of aryl methyl sites for hydroxylation is 1. The molecule has 1 fully saturated rings. The minimum Gasteiger partial charge on any atom is -0.334 e. The van der Waals surface area contributed by atoms with Crippen LogP contribution in [0.2, 0.25) is 0 Å². The second-order valence-corrected chi connectivity index (χ2v) is 5.59. The van der Waals surface area contributed by atoms with Crippen LogP contribution < -0.4 is 0 Å². The standard InChI is InChI=1S/C16H17ClN2O/c1-11-9-14(13-6-2-3-7-15(13)18-11)16(20)19-8-4-5-12(19)10-17/h2-3,6-7,9,12H,4-5,8,10H2,1H3. The molecule has 0 saturated carbocycles. The van der Waals surface area contributed by atoms with E-state index in [1.54, 1.807) is 0 Å². The molecular formula is C16H17ClN2O. The maximum absolute atomic E-state index is 12.8. The van der Waals surface area contributed by atoms with Crippen molar-refractivity contribution in [1.82, 2.24) is 9.88 Å². The van der Waals surface area contributed by atoms with Crippen LogP contribution in [0.25, 0.3) is 10.9 Å². The Balaban J connectivity index is 2.07. The average Bonchev–Trinajstić information content (AvgIpc) is 2.94. The first kappa shape index (κ1) is 13.4. The molecule has 1 saturated heterocycles. The van der Waals surface area contributed by atoms with Crippen LogP contribution >= 0.6 is 11.6 Å². The van der Waals surface area contributed by atoms with Gasteiger partial charge in [0, 0.05) is 29.5 Å². The molecule has 3 nitrogen and oxygen atoms in total. The lowest BCUT2D eigenvalue weighted by Crippen LogP contribution is -2.36. The number of nitrogens with zero attached hydrogens (tertiary/aromatic N) is 2. The van der Waals surface area contributed by atoms with Crippen molar-refractivity contribution in [1.29, 1.82) is 0 Å². The molecular weight excluding hydrogens is 272 g/mol. The number of halogens is 1. The Morgan fingerprint density at radius 3 is 3.05 bits per heavy atom. The van der Waals surface area contributed by atoms with Crippen molar-refractivity contribution in [2.45, 2.75) is 25.8 Å². The number of amides is 1. The molecule has 2 aromatic rings. The van der Waals surface area contributed by atoms with E-state index in [9.17, 15) is 4.79 Å². The molecule has 0 bridgehead atoms. The van der Waals surface area contributed by atoms with E-state index >= 15 is 0 Å². The van der Waals surface area contributed by atoms with Crippen molar-refractivity contribution in [2.75, 3.05) is 12.4 Å². The number of carbonyl (C=O) groups is 1. The monoisotopic (exact) mass is 288 g/mol. The van der Waals surface area contributed by atoms with Gasteiger partial charge in [0.2, 0.25) is 0 Å². The van der Waals surface area contributed by atoms with Crippen LogP contribution in [-0.4, -0.2) is 34.3 Å². The molecule has 0 spiro atoms. The summed E-state index contributed by atoms with van der Waals surface area (Å²) >= 11 is 5.98. The number of benzene rings is 1. The number of alkyl halides is 1. The summed E-state index contributed by atoms with van der Waals surface area (Å²) in [5, 5.41) is 0.920. The number of hydrogen-bond acceptors (Lipinski definition) is 2. The number of rotatable bonds is 2. The molecule has 4 heteroatoms. The SMILES string of the molecule is Cc1cc(C(=O)N2CCCC2CCl)c2ccccc2n1. The summed E-state index contributed by atoms with van der Waals surface area (Å²) in [5.74, 6) is 0.586. The lowest BCUT2D eigenvalue weighted by Gasteiger charge is -2.23. The van der Waals surface area contributed by atoms with Gasteiger partial charge in [-0.05, 0) is 31.9 Å². The fourth-order valence-electron chi connectivity index (χ4n) is 2.90. The van der Waals surface area contributed by atoms with E-state index in [-0.39, 0.29) is 11.9 Å². The van der Waals surface area contributed by atoms with E-state index in [1.165, 1.54) is 0 Å². The summed E-state index contributed by atoms with van der Waals surface area (Å²) in [4.78, 5) is 19.2. The number of pyridine rings is 1. The maximum atomic E-state index is 12.8. The van der Waals surface area contributed by atoms with Gasteiger partial charge >= 0.3 is 0 Å². The number of hydrogen-bond donors (Lipinski definition) is 0. The molecule has 1 aliphatic rings. The number of para-hydroxylation sites is 1. The predicted molar refractivity (Wildman–Crippen MR) is 81.3 cm³/mol. The van der Waals surface area contributed by atoms with Crippen LogP contribution in [0, 0.1) is 6.92 Å². The van der Waals surface area contributed by atoms with Crippen LogP contribution in [0.15, 0.2) is 30.3 Å². The molecule has 1 aliphatic heterocycles. The van der Waals surface area contributed by atoms with Crippen molar-refractivity contribution in [3.8, 4) is 0 Å². The van der Waals surface area contributed by atoms with Crippen LogP contribution in [0.4, 0.5) is 0 Å². The number of aromatic nitrogens is 1. The van der Waals surface area contributed by atoms with Gasteiger partial charge in [0.25, 0.3) is 5.91 Å². The van der Waals surface area contributed by atoms with Gasteiger partial charge in [-0.1, -0.05) is 18.2 Å². The molecule has 0 N–H and O–H groups in total. The number of fused-ring (bicyclic) bond motifs is 1. The van der Waals surface area contributed by atoms with Gasteiger partial charge in [-0.15, -0.1) is 11.6 Å². The first-order valence-electron chi connectivity index (χ1n) is 6.94. The quantitative estimate of drug-likeness (QED) is 0.794. The topological polar surface area (TPSA) is 33.2 Å². The highest BCUT2D eigenvalue weighted by atomic mass is 35.5. The van der Waals surface area contributed by atoms with Crippen molar-refractivity contribution >= 4 is 28.4 Å². The van der Waals surface area contributed by atoms with Crippen LogP contribution in [0.5, 0.6) is 0 Å². The van der Waals surface area contributed by atoms with Gasteiger partial charge in [-0.2, -0.15) is 0 Å². The molecule has 1 aromatic heterocycles. The minimum atomic E-state index is 0.0786. The minimum absolute atomic E-state index is 0.0786. The smallest absolute Gasteiger partial charge is 0.254 e. The molecule has 1 aromatic carbocycles. The predicted octanol–water partition coefficient (Wildman–Crippen LogP) is 3.39.